The van der Waals surface area contributed by atoms with Crippen molar-refractivity contribution in [3.05, 3.63) is 30.3 Å². The first-order valence-electron chi connectivity index (χ1n) is 4.74. The highest BCUT2D eigenvalue weighted by molar-refractivity contribution is 5.20. The SMILES string of the molecule is CN1CC[C@H]1COc1ccccc1. The van der Waals surface area contributed by atoms with Crippen molar-refractivity contribution in [2.75, 3.05) is 20.2 Å². The zero-order valence-electron chi connectivity index (χ0n) is 7.94. The zero-order chi connectivity index (χ0) is 9.10. The van der Waals surface area contributed by atoms with Gasteiger partial charge in [-0.05, 0) is 32.1 Å². The summed E-state index contributed by atoms with van der Waals surface area (Å²) in [6.45, 7) is 2.03. The van der Waals surface area contributed by atoms with Gasteiger partial charge in [-0.25, -0.2) is 0 Å². The molecular formula is C11H15NO. The van der Waals surface area contributed by atoms with Gasteiger partial charge in [0, 0.05) is 6.04 Å². The van der Waals surface area contributed by atoms with Crippen molar-refractivity contribution in [1.82, 2.24) is 4.90 Å². The Labute approximate surface area is 79.1 Å². The van der Waals surface area contributed by atoms with E-state index in [0.717, 1.165) is 12.4 Å². The van der Waals surface area contributed by atoms with E-state index < -0.39 is 0 Å². The van der Waals surface area contributed by atoms with Crippen LogP contribution in [0.4, 0.5) is 0 Å². The Morgan fingerprint density at radius 3 is 2.69 bits per heavy atom. The van der Waals surface area contributed by atoms with Crippen molar-refractivity contribution in [1.29, 1.82) is 0 Å². The van der Waals surface area contributed by atoms with Crippen LogP contribution in [0.25, 0.3) is 0 Å². The minimum Gasteiger partial charge on any atom is -0.492 e. The Kier molecular flexibility index (Phi) is 2.50. The lowest BCUT2D eigenvalue weighted by Gasteiger charge is -2.37. The molecule has 0 spiro atoms. The molecule has 1 aliphatic rings. The molecule has 2 rings (SSSR count). The highest BCUT2D eigenvalue weighted by Crippen LogP contribution is 2.16. The van der Waals surface area contributed by atoms with E-state index in [4.69, 9.17) is 4.74 Å². The normalized spacial score (nSPS) is 22.4. The van der Waals surface area contributed by atoms with E-state index in [0.29, 0.717) is 6.04 Å². The Balaban J connectivity index is 1.80. The van der Waals surface area contributed by atoms with Gasteiger partial charge in [0.05, 0.1) is 0 Å². The van der Waals surface area contributed by atoms with Gasteiger partial charge in [0.25, 0.3) is 0 Å². The molecule has 1 aromatic rings. The summed E-state index contributed by atoms with van der Waals surface area (Å²) in [6, 6.07) is 10.6. The molecule has 1 fully saturated rings. The maximum atomic E-state index is 5.64. The molecule has 0 aromatic heterocycles. The highest BCUT2D eigenvalue weighted by Gasteiger charge is 2.24. The first-order valence-corrected chi connectivity index (χ1v) is 4.74. The molecule has 2 heteroatoms. The molecule has 13 heavy (non-hydrogen) atoms. The second-order valence-electron chi connectivity index (χ2n) is 3.55. The van der Waals surface area contributed by atoms with Gasteiger partial charge in [0.15, 0.2) is 0 Å². The van der Waals surface area contributed by atoms with Crippen LogP contribution in [0.15, 0.2) is 30.3 Å². The second kappa shape index (κ2) is 3.79. The van der Waals surface area contributed by atoms with Crippen LogP contribution >= 0.6 is 0 Å². The molecule has 1 atom stereocenters. The van der Waals surface area contributed by atoms with E-state index >= 15 is 0 Å². The molecule has 0 aliphatic carbocycles. The molecule has 0 bridgehead atoms. The molecule has 0 N–H and O–H groups in total. The minimum absolute atomic E-state index is 0.625. The Hall–Kier alpha value is -1.02. The fraction of sp³-hybridized carbons (Fsp3) is 0.455. The first kappa shape index (κ1) is 8.57. The summed E-state index contributed by atoms with van der Waals surface area (Å²) in [6.07, 6.45) is 1.27. The van der Waals surface area contributed by atoms with Crippen LogP contribution in [-0.2, 0) is 0 Å². The van der Waals surface area contributed by atoms with Crippen molar-refractivity contribution < 1.29 is 4.74 Å². The number of hydrogen-bond donors (Lipinski definition) is 0. The topological polar surface area (TPSA) is 12.5 Å². The van der Waals surface area contributed by atoms with E-state index in [1.54, 1.807) is 0 Å². The Morgan fingerprint density at radius 1 is 1.38 bits per heavy atom. The third-order valence-electron chi connectivity index (χ3n) is 2.62. The largest absolute Gasteiger partial charge is 0.492 e. The molecule has 0 saturated carbocycles. The standard InChI is InChI=1S/C11H15NO/c1-12-8-7-10(12)9-13-11-5-3-2-4-6-11/h2-6,10H,7-9H2,1H3/t10-/m0/s1. The van der Waals surface area contributed by atoms with Crippen molar-refractivity contribution in [2.24, 2.45) is 0 Å². The summed E-state index contributed by atoms with van der Waals surface area (Å²) < 4.78 is 5.64. The van der Waals surface area contributed by atoms with Crippen LogP contribution in [0.2, 0.25) is 0 Å². The number of hydrogen-bond acceptors (Lipinski definition) is 2. The number of para-hydroxylation sites is 1. The molecule has 2 nitrogen and oxygen atoms in total. The number of benzene rings is 1. The van der Waals surface area contributed by atoms with Crippen molar-refractivity contribution in [2.45, 2.75) is 12.5 Å². The number of ether oxygens (including phenoxy) is 1. The van der Waals surface area contributed by atoms with E-state index in [1.807, 2.05) is 30.3 Å². The fourth-order valence-corrected chi connectivity index (χ4v) is 1.49. The van der Waals surface area contributed by atoms with E-state index in [2.05, 4.69) is 11.9 Å². The third kappa shape index (κ3) is 2.01. The lowest BCUT2D eigenvalue weighted by atomic mass is 10.1. The molecule has 1 aliphatic heterocycles. The quantitative estimate of drug-likeness (QED) is 0.697. The second-order valence-corrected chi connectivity index (χ2v) is 3.55. The predicted octanol–water partition coefficient (Wildman–Crippen LogP) is 1.77. The number of likely N-dealkylation sites (tertiary alicyclic amines) is 1. The van der Waals surface area contributed by atoms with E-state index in [1.165, 1.54) is 13.0 Å². The molecular weight excluding hydrogens is 162 g/mol. The van der Waals surface area contributed by atoms with E-state index in [-0.39, 0.29) is 0 Å². The van der Waals surface area contributed by atoms with Crippen molar-refractivity contribution in [3.63, 3.8) is 0 Å². The maximum absolute atomic E-state index is 5.64. The van der Waals surface area contributed by atoms with E-state index in [9.17, 15) is 0 Å². The first-order chi connectivity index (χ1) is 6.36. The van der Waals surface area contributed by atoms with Crippen molar-refractivity contribution >= 4 is 0 Å². The minimum atomic E-state index is 0.625. The van der Waals surface area contributed by atoms with Gasteiger partial charge < -0.3 is 4.74 Å². The molecule has 1 heterocycles. The van der Waals surface area contributed by atoms with Gasteiger partial charge in [0.1, 0.15) is 12.4 Å². The van der Waals surface area contributed by atoms with Crippen LogP contribution in [-0.4, -0.2) is 31.1 Å². The molecule has 0 radical (unpaired) electrons. The van der Waals surface area contributed by atoms with Crippen LogP contribution < -0.4 is 4.74 Å². The van der Waals surface area contributed by atoms with Gasteiger partial charge >= 0.3 is 0 Å². The highest BCUT2D eigenvalue weighted by atomic mass is 16.5. The lowest BCUT2D eigenvalue weighted by Crippen LogP contribution is -2.48. The molecule has 0 unspecified atom stereocenters. The lowest BCUT2D eigenvalue weighted by molar-refractivity contribution is 0.0769. The van der Waals surface area contributed by atoms with Gasteiger partial charge in [-0.1, -0.05) is 18.2 Å². The smallest absolute Gasteiger partial charge is 0.119 e. The summed E-state index contributed by atoms with van der Waals surface area (Å²) >= 11 is 0. The van der Waals surface area contributed by atoms with Crippen LogP contribution in [0.3, 0.4) is 0 Å². The Bertz CT molecular complexity index is 260. The number of likely N-dealkylation sites (N-methyl/N-ethyl adjacent to an activating group) is 1. The predicted molar refractivity (Wildman–Crippen MR) is 53.0 cm³/mol. The maximum Gasteiger partial charge on any atom is 0.119 e. The molecule has 70 valence electrons. The molecule has 1 aromatic carbocycles. The Morgan fingerprint density at radius 2 is 2.15 bits per heavy atom. The average molecular weight is 177 g/mol. The average Bonchev–Trinajstić information content (AvgIpc) is 2.17. The summed E-state index contributed by atoms with van der Waals surface area (Å²) in [5.74, 6) is 0.975. The van der Waals surface area contributed by atoms with Gasteiger partial charge in [-0.2, -0.15) is 0 Å². The van der Waals surface area contributed by atoms with Crippen LogP contribution in [0, 0.1) is 0 Å². The monoisotopic (exact) mass is 177 g/mol. The summed E-state index contributed by atoms with van der Waals surface area (Å²) in [5, 5.41) is 0. The number of rotatable bonds is 3. The van der Waals surface area contributed by atoms with Crippen molar-refractivity contribution in [3.8, 4) is 5.75 Å². The van der Waals surface area contributed by atoms with Crippen LogP contribution in [0.1, 0.15) is 6.42 Å². The summed E-state index contributed by atoms with van der Waals surface area (Å²) in [5.41, 5.74) is 0. The third-order valence-corrected chi connectivity index (χ3v) is 2.62. The fourth-order valence-electron chi connectivity index (χ4n) is 1.49. The van der Waals surface area contributed by atoms with Crippen LogP contribution in [0.5, 0.6) is 5.75 Å². The summed E-state index contributed by atoms with van der Waals surface area (Å²) in [4.78, 5) is 2.32. The van der Waals surface area contributed by atoms with Gasteiger partial charge in [0.2, 0.25) is 0 Å². The molecule has 0 amide bonds. The zero-order valence-corrected chi connectivity index (χ0v) is 7.94. The summed E-state index contributed by atoms with van der Waals surface area (Å²) in [7, 11) is 2.14. The van der Waals surface area contributed by atoms with Gasteiger partial charge in [-0.3, -0.25) is 4.90 Å². The molecule has 1 saturated heterocycles. The van der Waals surface area contributed by atoms with Gasteiger partial charge in [-0.15, -0.1) is 0 Å². The number of nitrogens with zero attached hydrogens (tertiary/aromatic N) is 1.